The third kappa shape index (κ3) is 3.84. The molecule has 3 rings (SSSR count). The summed E-state index contributed by atoms with van der Waals surface area (Å²) in [6.07, 6.45) is 1.57. The Labute approximate surface area is 166 Å². The first-order chi connectivity index (χ1) is 12.9. The molecular weight excluding hydrogens is 389 g/mol. The zero-order valence-corrected chi connectivity index (χ0v) is 16.2. The number of carbonyl (C=O) groups is 1. The second kappa shape index (κ2) is 7.85. The number of hydrogen-bond acceptors (Lipinski definition) is 5. The molecule has 0 aliphatic rings. The molecule has 0 spiro atoms. The molecule has 9 heteroatoms. The Morgan fingerprint density at radius 3 is 2.70 bits per heavy atom. The van der Waals surface area contributed by atoms with Gasteiger partial charge < -0.3 is 15.8 Å². The number of nitrogen functional groups attached to an aromatic ring is 1. The molecular formula is C18H17Cl2N5O2. The summed E-state index contributed by atoms with van der Waals surface area (Å²) in [5.41, 5.74) is 7.70. The predicted molar refractivity (Wildman–Crippen MR) is 107 cm³/mol. The Bertz CT molecular complexity index is 1000. The van der Waals surface area contributed by atoms with Crippen LogP contribution in [-0.4, -0.2) is 27.8 Å². The molecule has 0 radical (unpaired) electrons. The zero-order chi connectivity index (χ0) is 19.6. The largest absolute Gasteiger partial charge is 0.495 e. The van der Waals surface area contributed by atoms with Crippen LogP contribution in [0.2, 0.25) is 10.0 Å². The van der Waals surface area contributed by atoms with Crippen molar-refractivity contribution >= 4 is 40.7 Å². The maximum Gasteiger partial charge on any atom is 0.275 e. The zero-order valence-electron chi connectivity index (χ0n) is 14.7. The van der Waals surface area contributed by atoms with Crippen LogP contribution < -0.4 is 15.8 Å². The van der Waals surface area contributed by atoms with Gasteiger partial charge >= 0.3 is 0 Å². The van der Waals surface area contributed by atoms with Crippen molar-refractivity contribution in [2.45, 2.75) is 13.5 Å². The summed E-state index contributed by atoms with van der Waals surface area (Å²) in [5, 5.41) is 7.62. The lowest BCUT2D eigenvalue weighted by molar-refractivity contribution is 0.101. The second-order valence-corrected chi connectivity index (χ2v) is 6.40. The first-order valence-corrected chi connectivity index (χ1v) is 8.83. The fourth-order valence-electron chi connectivity index (χ4n) is 2.64. The fourth-order valence-corrected chi connectivity index (χ4v) is 3.14. The molecule has 1 amide bonds. The van der Waals surface area contributed by atoms with Crippen molar-refractivity contribution in [3.05, 3.63) is 52.3 Å². The van der Waals surface area contributed by atoms with Crippen molar-refractivity contribution in [3.63, 3.8) is 0 Å². The number of ether oxygens (including phenoxy) is 1. The average molecular weight is 406 g/mol. The van der Waals surface area contributed by atoms with Crippen LogP contribution in [0, 0.1) is 0 Å². The number of amides is 1. The van der Waals surface area contributed by atoms with Crippen LogP contribution in [0.1, 0.15) is 17.4 Å². The molecule has 0 bridgehead atoms. The summed E-state index contributed by atoms with van der Waals surface area (Å²) < 4.78 is 6.81. The van der Waals surface area contributed by atoms with E-state index in [-0.39, 0.29) is 11.7 Å². The van der Waals surface area contributed by atoms with E-state index in [2.05, 4.69) is 15.4 Å². The number of rotatable bonds is 5. The van der Waals surface area contributed by atoms with Crippen LogP contribution >= 0.6 is 23.2 Å². The van der Waals surface area contributed by atoms with E-state index in [1.165, 1.54) is 7.11 Å². The Balaban J connectivity index is 1.91. The standard InChI is InChI=1S/C18H17Cl2N5O2/c1-3-25-13(6-7-22-25)18(26)24-15-5-4-11(17(21)23-15)12-8-10(19)9-14(27-2)16(12)20/h4-9H,3H2,1-2H3,(H3,21,23,24,26). The van der Waals surface area contributed by atoms with Gasteiger partial charge in [-0.1, -0.05) is 23.2 Å². The maximum absolute atomic E-state index is 12.4. The molecule has 2 aromatic heterocycles. The van der Waals surface area contributed by atoms with Gasteiger partial charge in [0.15, 0.2) is 0 Å². The lowest BCUT2D eigenvalue weighted by Crippen LogP contribution is -2.18. The van der Waals surface area contributed by atoms with Gasteiger partial charge in [-0.3, -0.25) is 9.48 Å². The number of aromatic nitrogens is 3. The van der Waals surface area contributed by atoms with Crippen molar-refractivity contribution < 1.29 is 9.53 Å². The number of methoxy groups -OCH3 is 1. The summed E-state index contributed by atoms with van der Waals surface area (Å²) in [4.78, 5) is 16.7. The highest BCUT2D eigenvalue weighted by Crippen LogP contribution is 2.40. The van der Waals surface area contributed by atoms with Gasteiger partial charge in [-0.2, -0.15) is 5.10 Å². The van der Waals surface area contributed by atoms with Crippen molar-refractivity contribution in [1.29, 1.82) is 0 Å². The topological polar surface area (TPSA) is 95.1 Å². The SMILES string of the molecule is CCn1nccc1C(=O)Nc1ccc(-c2cc(Cl)cc(OC)c2Cl)c(N)n1. The van der Waals surface area contributed by atoms with Gasteiger partial charge in [-0.25, -0.2) is 4.98 Å². The summed E-state index contributed by atoms with van der Waals surface area (Å²) in [5.74, 6) is 0.624. The highest BCUT2D eigenvalue weighted by molar-refractivity contribution is 6.37. The Morgan fingerprint density at radius 2 is 2.04 bits per heavy atom. The Kier molecular flexibility index (Phi) is 5.53. The summed E-state index contributed by atoms with van der Waals surface area (Å²) >= 11 is 12.5. The Morgan fingerprint density at radius 1 is 1.26 bits per heavy atom. The quantitative estimate of drug-likeness (QED) is 0.665. The number of pyridine rings is 1. The molecule has 0 aliphatic heterocycles. The first kappa shape index (κ1) is 19.0. The van der Waals surface area contributed by atoms with E-state index in [0.717, 1.165) is 0 Å². The molecule has 0 aliphatic carbocycles. The minimum absolute atomic E-state index is 0.197. The van der Waals surface area contributed by atoms with Gasteiger partial charge in [0.2, 0.25) is 0 Å². The van der Waals surface area contributed by atoms with Crippen LogP contribution in [0.3, 0.4) is 0 Å². The minimum atomic E-state index is -0.323. The van der Waals surface area contributed by atoms with Crippen LogP contribution in [0.4, 0.5) is 11.6 Å². The van der Waals surface area contributed by atoms with E-state index in [9.17, 15) is 4.79 Å². The first-order valence-electron chi connectivity index (χ1n) is 8.07. The molecule has 0 atom stereocenters. The minimum Gasteiger partial charge on any atom is -0.495 e. The number of carbonyl (C=O) groups excluding carboxylic acids is 1. The van der Waals surface area contributed by atoms with E-state index in [1.807, 2.05) is 6.92 Å². The molecule has 0 saturated heterocycles. The van der Waals surface area contributed by atoms with E-state index in [0.29, 0.717) is 45.0 Å². The van der Waals surface area contributed by atoms with Gasteiger partial charge in [0.05, 0.1) is 12.1 Å². The van der Waals surface area contributed by atoms with Gasteiger partial charge in [0, 0.05) is 35.0 Å². The lowest BCUT2D eigenvalue weighted by Gasteiger charge is -2.13. The third-order valence-electron chi connectivity index (χ3n) is 3.93. The number of nitrogens with one attached hydrogen (secondary N) is 1. The lowest BCUT2D eigenvalue weighted by atomic mass is 10.1. The number of hydrogen-bond donors (Lipinski definition) is 2. The highest BCUT2D eigenvalue weighted by atomic mass is 35.5. The second-order valence-electron chi connectivity index (χ2n) is 5.59. The van der Waals surface area contributed by atoms with Crippen molar-refractivity contribution in [2.75, 3.05) is 18.2 Å². The van der Waals surface area contributed by atoms with Crippen LogP contribution in [0.25, 0.3) is 11.1 Å². The number of nitrogens with two attached hydrogens (primary N) is 1. The number of nitrogens with zero attached hydrogens (tertiary/aromatic N) is 3. The normalized spacial score (nSPS) is 10.7. The summed E-state index contributed by atoms with van der Waals surface area (Å²) in [6.45, 7) is 2.48. The third-order valence-corrected chi connectivity index (χ3v) is 4.54. The highest BCUT2D eigenvalue weighted by Gasteiger charge is 2.16. The molecule has 2 heterocycles. The monoisotopic (exact) mass is 405 g/mol. The fraction of sp³-hybridized carbons (Fsp3) is 0.167. The van der Waals surface area contributed by atoms with Crippen LogP contribution in [0.15, 0.2) is 36.5 Å². The van der Waals surface area contributed by atoms with Gasteiger partial charge in [0.1, 0.15) is 23.1 Å². The van der Waals surface area contributed by atoms with Gasteiger partial charge in [-0.05, 0) is 31.2 Å². The molecule has 140 valence electrons. The van der Waals surface area contributed by atoms with Crippen molar-refractivity contribution in [1.82, 2.24) is 14.8 Å². The molecule has 7 nitrogen and oxygen atoms in total. The number of halogens is 2. The van der Waals surface area contributed by atoms with E-state index < -0.39 is 0 Å². The number of anilines is 2. The average Bonchev–Trinajstić information content (AvgIpc) is 3.12. The summed E-state index contributed by atoms with van der Waals surface area (Å²) in [6, 6.07) is 8.28. The predicted octanol–water partition coefficient (Wildman–Crippen LogP) is 4.11. The maximum atomic E-state index is 12.4. The van der Waals surface area contributed by atoms with Gasteiger partial charge in [-0.15, -0.1) is 0 Å². The van der Waals surface area contributed by atoms with Gasteiger partial charge in [0.25, 0.3) is 5.91 Å². The molecule has 0 fully saturated rings. The van der Waals surface area contributed by atoms with E-state index >= 15 is 0 Å². The molecule has 0 unspecified atom stereocenters. The van der Waals surface area contributed by atoms with E-state index in [4.69, 9.17) is 33.7 Å². The van der Waals surface area contributed by atoms with E-state index in [1.54, 1.807) is 41.2 Å². The number of benzene rings is 1. The molecule has 3 aromatic rings. The van der Waals surface area contributed by atoms with Crippen molar-refractivity contribution in [2.24, 2.45) is 0 Å². The van der Waals surface area contributed by atoms with Crippen LogP contribution in [-0.2, 0) is 6.54 Å². The Hall–Kier alpha value is -2.77. The molecule has 27 heavy (non-hydrogen) atoms. The van der Waals surface area contributed by atoms with Crippen LogP contribution in [0.5, 0.6) is 5.75 Å². The summed E-state index contributed by atoms with van der Waals surface area (Å²) in [7, 11) is 1.50. The molecule has 1 aromatic carbocycles. The van der Waals surface area contributed by atoms with Crippen molar-refractivity contribution in [3.8, 4) is 16.9 Å². The molecule has 3 N–H and O–H groups in total. The number of aryl methyl sites for hydroxylation is 1. The smallest absolute Gasteiger partial charge is 0.275 e. The molecule has 0 saturated carbocycles.